The van der Waals surface area contributed by atoms with Crippen LogP contribution in [0.4, 0.5) is 0 Å². The second-order valence-electron chi connectivity index (χ2n) is 5.12. The molecule has 0 rings (SSSR count). The quantitative estimate of drug-likeness (QED) is 0.548. The van der Waals surface area contributed by atoms with Crippen molar-refractivity contribution in [3.05, 3.63) is 10.2 Å². The number of methoxy groups -OCH3 is 1. The fourth-order valence-electron chi connectivity index (χ4n) is 1.21. The van der Waals surface area contributed by atoms with Gasteiger partial charge in [0.15, 0.2) is 6.29 Å². The highest BCUT2D eigenvalue weighted by Gasteiger charge is 2.14. The van der Waals surface area contributed by atoms with Gasteiger partial charge in [-0.05, 0) is 0 Å². The summed E-state index contributed by atoms with van der Waals surface area (Å²) in [5.74, 6) is 0.377. The average molecular weight is 295 g/mol. The van der Waals surface area contributed by atoms with E-state index in [9.17, 15) is 0 Å². The molecule has 0 fully saturated rings. The van der Waals surface area contributed by atoms with E-state index in [1.165, 1.54) is 0 Å². The first-order valence-electron chi connectivity index (χ1n) is 5.28. The van der Waals surface area contributed by atoms with Crippen LogP contribution in [0, 0.1) is 5.92 Å². The maximum absolute atomic E-state index is 5.65. The van der Waals surface area contributed by atoms with E-state index in [-0.39, 0.29) is 6.29 Å². The molecule has 0 aliphatic rings. The van der Waals surface area contributed by atoms with Crippen LogP contribution in [0.5, 0.6) is 0 Å². The third kappa shape index (κ3) is 8.19. The number of hydrogen-bond acceptors (Lipinski definition) is 2. The van der Waals surface area contributed by atoms with Crippen LogP contribution < -0.4 is 0 Å². The van der Waals surface area contributed by atoms with Crippen molar-refractivity contribution < 1.29 is 9.47 Å². The Morgan fingerprint density at radius 3 is 2.20 bits per heavy atom. The second kappa shape index (κ2) is 6.84. The van der Waals surface area contributed by atoms with Crippen molar-refractivity contribution in [1.82, 2.24) is 0 Å². The molecule has 0 bridgehead atoms. The van der Waals surface area contributed by atoms with Crippen molar-refractivity contribution >= 4 is 24.0 Å². The fourth-order valence-corrected chi connectivity index (χ4v) is 4.42. The van der Waals surface area contributed by atoms with Crippen LogP contribution in [-0.4, -0.2) is 28.1 Å². The first-order chi connectivity index (χ1) is 6.76. The molecule has 0 aliphatic heterocycles. The first kappa shape index (κ1) is 15.4. The number of ether oxygens (including phenoxy) is 2. The number of rotatable bonds is 6. The smallest absolute Gasteiger partial charge is 0.159 e. The summed E-state index contributed by atoms with van der Waals surface area (Å²) in [5, 5.41) is 0. The van der Waals surface area contributed by atoms with Gasteiger partial charge in [-0.2, -0.15) is 0 Å². The molecule has 1 atom stereocenters. The van der Waals surface area contributed by atoms with Gasteiger partial charge in [-0.3, -0.25) is 0 Å². The van der Waals surface area contributed by atoms with Gasteiger partial charge in [-0.15, -0.1) is 0 Å². The average Bonchev–Trinajstić information content (AvgIpc) is 2.01. The van der Waals surface area contributed by atoms with Crippen LogP contribution in [0.3, 0.4) is 0 Å². The maximum atomic E-state index is 5.65. The van der Waals surface area contributed by atoms with E-state index in [0.717, 1.165) is 4.48 Å². The minimum absolute atomic E-state index is 0.118. The molecule has 2 nitrogen and oxygen atoms in total. The van der Waals surface area contributed by atoms with Gasteiger partial charge in [0.05, 0.1) is 14.7 Å². The van der Waals surface area contributed by atoms with E-state index >= 15 is 0 Å². The summed E-state index contributed by atoms with van der Waals surface area (Å²) in [6.07, 6.45) is -0.118. The number of halogens is 1. The molecule has 0 aliphatic carbocycles. The zero-order valence-corrected chi connectivity index (χ0v) is 13.2. The van der Waals surface area contributed by atoms with Crippen LogP contribution in [0.25, 0.3) is 0 Å². The van der Waals surface area contributed by atoms with E-state index in [4.69, 9.17) is 9.47 Å². The molecule has 0 N–H and O–H groups in total. The van der Waals surface area contributed by atoms with E-state index < -0.39 is 8.07 Å². The Bertz CT molecular complexity index is 209. The normalized spacial score (nSPS) is 15.9. The second-order valence-corrected chi connectivity index (χ2v) is 11.2. The molecular weight excluding hydrogens is 272 g/mol. The predicted molar refractivity (Wildman–Crippen MR) is 71.9 cm³/mol. The highest BCUT2D eigenvalue weighted by atomic mass is 79.9. The highest BCUT2D eigenvalue weighted by molar-refractivity contribution is 9.11. The molecule has 4 heteroatoms. The van der Waals surface area contributed by atoms with Crippen molar-refractivity contribution in [2.24, 2.45) is 5.92 Å². The van der Waals surface area contributed by atoms with Crippen molar-refractivity contribution in [3.63, 3.8) is 0 Å². The van der Waals surface area contributed by atoms with Crippen LogP contribution in [-0.2, 0) is 9.47 Å². The van der Waals surface area contributed by atoms with E-state index in [1.54, 1.807) is 7.11 Å². The third-order valence-corrected chi connectivity index (χ3v) is 3.85. The molecule has 0 saturated carbocycles. The van der Waals surface area contributed by atoms with Gasteiger partial charge in [0, 0.05) is 17.5 Å². The summed E-state index contributed by atoms with van der Waals surface area (Å²) in [6.45, 7) is 11.7. The Hall–Kier alpha value is 0.357. The lowest BCUT2D eigenvalue weighted by atomic mass is 10.2. The lowest BCUT2D eigenvalue weighted by Gasteiger charge is -2.20. The molecule has 0 saturated heterocycles. The molecular formula is C11H23BrO2Si. The van der Waals surface area contributed by atoms with Gasteiger partial charge >= 0.3 is 0 Å². The molecule has 0 aromatic rings. The Morgan fingerprint density at radius 2 is 1.87 bits per heavy atom. The van der Waals surface area contributed by atoms with Gasteiger partial charge in [0.2, 0.25) is 0 Å². The summed E-state index contributed by atoms with van der Waals surface area (Å²) in [7, 11) is 0.522. The molecule has 0 amide bonds. The van der Waals surface area contributed by atoms with Gasteiger partial charge < -0.3 is 9.47 Å². The molecule has 15 heavy (non-hydrogen) atoms. The monoisotopic (exact) mass is 294 g/mol. The Kier molecular flexibility index (Phi) is 7.00. The van der Waals surface area contributed by atoms with Gasteiger partial charge in [-0.1, -0.05) is 55.1 Å². The lowest BCUT2D eigenvalue weighted by Crippen LogP contribution is -2.23. The van der Waals surface area contributed by atoms with Gasteiger partial charge in [0.25, 0.3) is 0 Å². The molecule has 0 radical (unpaired) electrons. The predicted octanol–water partition coefficient (Wildman–Crippen LogP) is 3.79. The van der Waals surface area contributed by atoms with Crippen molar-refractivity contribution in [2.45, 2.75) is 39.8 Å². The lowest BCUT2D eigenvalue weighted by molar-refractivity contribution is -0.141. The Balaban J connectivity index is 4.09. The Labute approximate surface area is 103 Å². The summed E-state index contributed by atoms with van der Waals surface area (Å²) in [4.78, 5) is 0. The molecule has 0 spiro atoms. The summed E-state index contributed by atoms with van der Waals surface area (Å²) in [5.41, 5.74) is 2.29. The largest absolute Gasteiger partial charge is 0.356 e. The summed E-state index contributed by atoms with van der Waals surface area (Å²) >= 11 is 3.54. The Morgan fingerprint density at radius 1 is 1.33 bits per heavy atom. The van der Waals surface area contributed by atoms with Crippen LogP contribution in [0.2, 0.25) is 19.6 Å². The molecule has 0 heterocycles. The van der Waals surface area contributed by atoms with E-state index in [0.29, 0.717) is 12.5 Å². The molecule has 0 aromatic carbocycles. The van der Waals surface area contributed by atoms with Gasteiger partial charge in [-0.25, -0.2) is 0 Å². The van der Waals surface area contributed by atoms with E-state index in [1.807, 2.05) is 0 Å². The number of hydrogen-bond donors (Lipinski definition) is 0. The topological polar surface area (TPSA) is 18.5 Å². The molecule has 0 aromatic heterocycles. The van der Waals surface area contributed by atoms with Crippen LogP contribution in [0.1, 0.15) is 13.8 Å². The standard InChI is InChI=1S/C11H23BrO2Si/c1-9(2)11(13-3)14-7-10(12)8-15(4,5)6/h8-9,11H,7H2,1-6H3/b10-8-. The van der Waals surface area contributed by atoms with Crippen molar-refractivity contribution in [3.8, 4) is 0 Å². The SMILES string of the molecule is COC(OC/C(Br)=C/[Si](C)(C)C)C(C)C. The molecule has 1 unspecified atom stereocenters. The minimum Gasteiger partial charge on any atom is -0.356 e. The molecule has 90 valence electrons. The minimum atomic E-state index is -1.16. The van der Waals surface area contributed by atoms with Crippen LogP contribution >= 0.6 is 15.9 Å². The zero-order chi connectivity index (χ0) is 12.1. The highest BCUT2D eigenvalue weighted by Crippen LogP contribution is 2.15. The van der Waals surface area contributed by atoms with Gasteiger partial charge in [0.1, 0.15) is 0 Å². The fraction of sp³-hybridized carbons (Fsp3) is 0.818. The maximum Gasteiger partial charge on any atom is 0.159 e. The van der Waals surface area contributed by atoms with Crippen molar-refractivity contribution in [1.29, 1.82) is 0 Å². The third-order valence-electron chi connectivity index (χ3n) is 1.75. The van der Waals surface area contributed by atoms with Crippen LogP contribution in [0.15, 0.2) is 10.2 Å². The summed E-state index contributed by atoms with van der Waals surface area (Å²) in [6, 6.07) is 0. The van der Waals surface area contributed by atoms with Crippen molar-refractivity contribution in [2.75, 3.05) is 13.7 Å². The first-order valence-corrected chi connectivity index (χ1v) is 9.65. The zero-order valence-electron chi connectivity index (χ0n) is 10.6. The summed E-state index contributed by atoms with van der Waals surface area (Å²) < 4.78 is 12.0. The van der Waals surface area contributed by atoms with E-state index in [2.05, 4.69) is 55.1 Å².